The van der Waals surface area contributed by atoms with E-state index in [9.17, 15) is 0 Å². The second-order valence-electron chi connectivity index (χ2n) is 10.1. The fourth-order valence-electron chi connectivity index (χ4n) is 4.39. The Kier molecular flexibility index (Phi) is 9.29. The maximum Gasteiger partial charge on any atom is 0 e. The second kappa shape index (κ2) is 10.9. The van der Waals surface area contributed by atoms with Crippen LogP contribution in [0.2, 0.25) is 17.3 Å². The van der Waals surface area contributed by atoms with Crippen molar-refractivity contribution in [3.8, 4) is 11.3 Å². The Labute approximate surface area is 209 Å². The summed E-state index contributed by atoms with van der Waals surface area (Å²) in [7, 11) is 0. The van der Waals surface area contributed by atoms with Crippen molar-refractivity contribution >= 4 is 28.4 Å². The SMILES string of the molecule is CC(O)CC(C)O.Cc1[c-]c2c(c(C)c1)CCc1c-2ncc2cc[c]([Ge]([CH3])([CH3])[CH3])cc12.[Ir]. The molecule has 5 heteroatoms. The van der Waals surface area contributed by atoms with Crippen molar-refractivity contribution in [2.24, 2.45) is 0 Å². The number of hydrogen-bond acceptors (Lipinski definition) is 3. The number of benzene rings is 2. The van der Waals surface area contributed by atoms with E-state index >= 15 is 0 Å². The molecule has 2 aromatic carbocycles. The molecular formula is C27H36GeIrNO2-. The average Bonchev–Trinajstić information content (AvgIpc) is 2.65. The fourth-order valence-corrected chi connectivity index (χ4v) is 6.83. The maximum atomic E-state index is 8.56. The van der Waals surface area contributed by atoms with E-state index < -0.39 is 13.3 Å². The summed E-state index contributed by atoms with van der Waals surface area (Å²) in [5, 5.41) is 19.8. The van der Waals surface area contributed by atoms with Crippen LogP contribution in [0, 0.1) is 19.9 Å². The van der Waals surface area contributed by atoms with E-state index in [2.05, 4.69) is 61.4 Å². The van der Waals surface area contributed by atoms with Gasteiger partial charge in [0, 0.05) is 20.1 Å². The molecule has 32 heavy (non-hydrogen) atoms. The average molecular weight is 671 g/mol. The molecule has 3 nitrogen and oxygen atoms in total. The zero-order valence-corrected chi connectivity index (χ0v) is 24.8. The number of hydrogen-bond donors (Lipinski definition) is 2. The van der Waals surface area contributed by atoms with E-state index in [1.165, 1.54) is 38.6 Å². The van der Waals surface area contributed by atoms with Gasteiger partial charge in [-0.15, -0.1) is 0 Å². The molecule has 2 unspecified atom stereocenters. The number of aryl methyl sites for hydroxylation is 3. The molecule has 3 aromatic rings. The number of fused-ring (bicyclic) bond motifs is 5. The molecule has 1 aliphatic carbocycles. The van der Waals surface area contributed by atoms with Gasteiger partial charge >= 0.3 is 147 Å². The third-order valence-electron chi connectivity index (χ3n) is 5.94. The number of aliphatic hydroxyl groups excluding tert-OH is 2. The zero-order valence-electron chi connectivity index (χ0n) is 20.3. The second-order valence-corrected chi connectivity index (χ2v) is 20.7. The molecular weight excluding hydrogens is 635 g/mol. The Morgan fingerprint density at radius 3 is 2.19 bits per heavy atom. The first-order valence-electron chi connectivity index (χ1n) is 11.3. The minimum atomic E-state index is -1.83. The van der Waals surface area contributed by atoms with Crippen LogP contribution in [0.15, 0.2) is 30.5 Å². The number of rotatable bonds is 3. The van der Waals surface area contributed by atoms with Gasteiger partial charge in [0.25, 0.3) is 0 Å². The molecule has 1 aliphatic rings. The number of aromatic nitrogens is 1. The van der Waals surface area contributed by atoms with Crippen LogP contribution in [0.1, 0.15) is 42.5 Å². The summed E-state index contributed by atoms with van der Waals surface area (Å²) in [6.07, 6.45) is 3.96. The van der Waals surface area contributed by atoms with Crippen LogP contribution < -0.4 is 4.40 Å². The van der Waals surface area contributed by atoms with Crippen molar-refractivity contribution in [2.75, 3.05) is 0 Å². The first kappa shape index (κ1) is 27.2. The van der Waals surface area contributed by atoms with Gasteiger partial charge in [0.15, 0.2) is 0 Å². The zero-order chi connectivity index (χ0) is 22.9. The summed E-state index contributed by atoms with van der Waals surface area (Å²) in [6.45, 7) is 7.67. The topological polar surface area (TPSA) is 53.4 Å². The molecule has 0 bridgehead atoms. The van der Waals surface area contributed by atoms with E-state index in [-0.39, 0.29) is 32.3 Å². The number of pyridine rings is 1. The van der Waals surface area contributed by atoms with E-state index in [1.807, 2.05) is 6.20 Å². The molecule has 1 heterocycles. The molecule has 1 aromatic heterocycles. The number of aliphatic hydroxyl groups is 2. The van der Waals surface area contributed by atoms with Gasteiger partial charge in [-0.05, 0) is 20.3 Å². The maximum absolute atomic E-state index is 8.56. The largest absolute Gasteiger partial charge is 0 e. The van der Waals surface area contributed by atoms with Gasteiger partial charge in [-0.2, -0.15) is 0 Å². The first-order chi connectivity index (χ1) is 14.5. The molecule has 0 aliphatic heterocycles. The minimum Gasteiger partial charge on any atom is 0 e. The molecule has 1 radical (unpaired) electrons. The Bertz CT molecular complexity index is 1080. The molecule has 175 valence electrons. The van der Waals surface area contributed by atoms with E-state index in [4.69, 9.17) is 15.2 Å². The predicted octanol–water partition coefficient (Wildman–Crippen LogP) is 5.10. The molecule has 2 N–H and O–H groups in total. The van der Waals surface area contributed by atoms with Crippen molar-refractivity contribution in [3.05, 3.63) is 58.8 Å². The van der Waals surface area contributed by atoms with Crippen LogP contribution in [0.5, 0.6) is 0 Å². The van der Waals surface area contributed by atoms with Crippen molar-refractivity contribution in [2.45, 2.75) is 76.4 Å². The van der Waals surface area contributed by atoms with Crippen molar-refractivity contribution in [1.82, 2.24) is 4.98 Å². The van der Waals surface area contributed by atoms with Gasteiger partial charge in [-0.25, -0.2) is 0 Å². The van der Waals surface area contributed by atoms with Crippen molar-refractivity contribution in [3.63, 3.8) is 0 Å². The summed E-state index contributed by atoms with van der Waals surface area (Å²) >= 11 is -1.83. The van der Waals surface area contributed by atoms with Crippen LogP contribution in [0.4, 0.5) is 0 Å². The van der Waals surface area contributed by atoms with Gasteiger partial charge in [0.05, 0.1) is 12.2 Å². The Morgan fingerprint density at radius 2 is 1.62 bits per heavy atom. The Hall–Kier alpha value is -1.04. The molecule has 0 amide bonds. The first-order valence-corrected chi connectivity index (χ1v) is 18.6. The van der Waals surface area contributed by atoms with E-state index in [1.54, 1.807) is 18.2 Å². The summed E-state index contributed by atoms with van der Waals surface area (Å²) in [6, 6.07) is 12.9. The summed E-state index contributed by atoms with van der Waals surface area (Å²) in [4.78, 5) is 4.85. The van der Waals surface area contributed by atoms with Crippen LogP contribution >= 0.6 is 0 Å². The molecule has 4 rings (SSSR count). The monoisotopic (exact) mass is 673 g/mol. The van der Waals surface area contributed by atoms with E-state index in [0.29, 0.717) is 6.42 Å². The van der Waals surface area contributed by atoms with Crippen molar-refractivity contribution < 1.29 is 30.3 Å². The molecule has 2 atom stereocenters. The molecule has 0 fully saturated rings. The van der Waals surface area contributed by atoms with Crippen LogP contribution in [-0.2, 0) is 32.9 Å². The van der Waals surface area contributed by atoms with Crippen LogP contribution in [0.3, 0.4) is 0 Å². The van der Waals surface area contributed by atoms with Crippen LogP contribution in [-0.4, -0.2) is 40.7 Å². The molecule has 0 spiro atoms. The minimum absolute atomic E-state index is 0. The smallest absolute Gasteiger partial charge is 0 e. The standard InChI is InChI=1S/C22H24GeN.C5H12O2.Ir/c1-14-10-15(2)18-8-9-19-20-12-17(23(3,4)5)7-6-16(20)13-24-22(19)21(18)11-14;1-4(6)3-5(2)7;/h6-7,10,12-13H,8-9H2,1-5H3;4-7H,3H2,1-2H3;/q-1;;. The Balaban J connectivity index is 0.000000398. The quantitative estimate of drug-likeness (QED) is 0.301. The fraction of sp³-hybridized carbons (Fsp3) is 0.444. The predicted molar refractivity (Wildman–Crippen MR) is 134 cm³/mol. The summed E-state index contributed by atoms with van der Waals surface area (Å²) in [5.74, 6) is 7.39. The third kappa shape index (κ3) is 6.30. The van der Waals surface area contributed by atoms with Gasteiger partial charge < -0.3 is 10.2 Å². The van der Waals surface area contributed by atoms with Gasteiger partial charge in [-0.3, -0.25) is 0 Å². The van der Waals surface area contributed by atoms with Gasteiger partial charge in [-0.1, -0.05) is 0 Å². The van der Waals surface area contributed by atoms with Crippen LogP contribution in [0.25, 0.3) is 22.0 Å². The third-order valence-corrected chi connectivity index (χ3v) is 10.2. The van der Waals surface area contributed by atoms with Crippen molar-refractivity contribution in [1.29, 1.82) is 0 Å². The summed E-state index contributed by atoms with van der Waals surface area (Å²) in [5.41, 5.74) is 7.85. The Morgan fingerprint density at radius 1 is 1.00 bits per heavy atom. The molecule has 0 saturated carbocycles. The van der Waals surface area contributed by atoms with Gasteiger partial charge in [0.2, 0.25) is 0 Å². The summed E-state index contributed by atoms with van der Waals surface area (Å²) < 4.78 is 1.58. The molecule has 0 saturated heterocycles. The normalized spacial score (nSPS) is 14.4. The number of nitrogens with zero attached hydrogens (tertiary/aromatic N) is 1. The van der Waals surface area contributed by atoms with E-state index in [0.717, 1.165) is 18.5 Å². The van der Waals surface area contributed by atoms with Gasteiger partial charge in [0.1, 0.15) is 0 Å².